The number of nitro groups is 1. The lowest BCUT2D eigenvalue weighted by molar-refractivity contribution is -0.384. The van der Waals surface area contributed by atoms with Crippen molar-refractivity contribution >= 4 is 23.2 Å². The predicted octanol–water partition coefficient (Wildman–Crippen LogP) is 1.90. The quantitative estimate of drug-likeness (QED) is 0.473. The molecule has 0 radical (unpaired) electrons. The molecule has 2 rings (SSSR count). The van der Waals surface area contributed by atoms with Crippen LogP contribution in [0.25, 0.3) is 0 Å². The van der Waals surface area contributed by atoms with Gasteiger partial charge in [-0.05, 0) is 36.2 Å². The Morgan fingerprint density at radius 1 is 1.04 bits per heavy atom. The molecular formula is C17H17N3O5. The SMILES string of the molecule is COc1ccc(CCNC(=O)C(=O)Nc2ccc([N+](=O)[O-])cc2)cc1. The predicted molar refractivity (Wildman–Crippen MR) is 91.4 cm³/mol. The second-order valence-electron chi connectivity index (χ2n) is 5.11. The smallest absolute Gasteiger partial charge is 0.313 e. The third kappa shape index (κ3) is 5.31. The molecule has 0 unspecified atom stereocenters. The van der Waals surface area contributed by atoms with Gasteiger partial charge in [0.2, 0.25) is 0 Å². The molecule has 0 spiro atoms. The molecule has 130 valence electrons. The highest BCUT2D eigenvalue weighted by Crippen LogP contribution is 2.15. The second-order valence-corrected chi connectivity index (χ2v) is 5.11. The van der Waals surface area contributed by atoms with Crippen LogP contribution in [0.3, 0.4) is 0 Å². The Morgan fingerprint density at radius 2 is 1.68 bits per heavy atom. The highest BCUT2D eigenvalue weighted by molar-refractivity contribution is 6.39. The van der Waals surface area contributed by atoms with E-state index in [1.807, 2.05) is 24.3 Å². The number of amides is 2. The third-order valence-corrected chi connectivity index (χ3v) is 3.40. The molecule has 0 atom stereocenters. The second kappa shape index (κ2) is 8.44. The standard InChI is InChI=1S/C17H17N3O5/c1-25-15-8-2-12(3-9-15)10-11-18-16(21)17(22)19-13-4-6-14(7-5-13)20(23)24/h2-9H,10-11H2,1H3,(H,18,21)(H,19,22). The van der Waals surface area contributed by atoms with Crippen molar-refractivity contribution in [3.8, 4) is 5.75 Å². The number of nitrogens with zero attached hydrogens (tertiary/aromatic N) is 1. The van der Waals surface area contributed by atoms with E-state index in [1.165, 1.54) is 24.3 Å². The van der Waals surface area contributed by atoms with Gasteiger partial charge in [-0.25, -0.2) is 0 Å². The van der Waals surface area contributed by atoms with Crippen molar-refractivity contribution < 1.29 is 19.2 Å². The van der Waals surface area contributed by atoms with Crippen LogP contribution in [0.15, 0.2) is 48.5 Å². The largest absolute Gasteiger partial charge is 0.497 e. The van der Waals surface area contributed by atoms with E-state index in [4.69, 9.17) is 4.74 Å². The molecule has 0 heterocycles. The summed E-state index contributed by atoms with van der Waals surface area (Å²) in [7, 11) is 1.58. The number of hydrogen-bond donors (Lipinski definition) is 2. The van der Waals surface area contributed by atoms with Gasteiger partial charge in [0.1, 0.15) is 5.75 Å². The van der Waals surface area contributed by atoms with E-state index in [1.54, 1.807) is 7.11 Å². The first-order valence-corrected chi connectivity index (χ1v) is 7.46. The van der Waals surface area contributed by atoms with Gasteiger partial charge in [0.15, 0.2) is 0 Å². The number of non-ortho nitro benzene ring substituents is 1. The van der Waals surface area contributed by atoms with Crippen LogP contribution in [0.4, 0.5) is 11.4 Å². The summed E-state index contributed by atoms with van der Waals surface area (Å²) < 4.78 is 5.06. The summed E-state index contributed by atoms with van der Waals surface area (Å²) in [5.74, 6) is -0.856. The monoisotopic (exact) mass is 343 g/mol. The van der Waals surface area contributed by atoms with Crippen molar-refractivity contribution in [2.75, 3.05) is 19.0 Å². The van der Waals surface area contributed by atoms with Gasteiger partial charge in [-0.2, -0.15) is 0 Å². The molecule has 0 fully saturated rings. The normalized spacial score (nSPS) is 9.96. The number of benzene rings is 2. The zero-order chi connectivity index (χ0) is 18.2. The molecule has 8 heteroatoms. The number of hydrogen-bond acceptors (Lipinski definition) is 5. The number of anilines is 1. The fourth-order valence-electron chi connectivity index (χ4n) is 2.05. The Labute approximate surface area is 144 Å². The van der Waals surface area contributed by atoms with Crippen LogP contribution >= 0.6 is 0 Å². The zero-order valence-corrected chi connectivity index (χ0v) is 13.5. The summed E-state index contributed by atoms with van der Waals surface area (Å²) in [4.78, 5) is 33.6. The maximum absolute atomic E-state index is 11.8. The van der Waals surface area contributed by atoms with Gasteiger partial charge in [0, 0.05) is 24.4 Å². The third-order valence-electron chi connectivity index (χ3n) is 3.40. The molecular weight excluding hydrogens is 326 g/mol. The van der Waals surface area contributed by atoms with E-state index < -0.39 is 16.7 Å². The molecule has 0 aromatic heterocycles. The molecule has 0 saturated heterocycles. The van der Waals surface area contributed by atoms with Gasteiger partial charge in [-0.15, -0.1) is 0 Å². The molecule has 25 heavy (non-hydrogen) atoms. The van der Waals surface area contributed by atoms with Crippen LogP contribution in [0.5, 0.6) is 5.75 Å². The lowest BCUT2D eigenvalue weighted by Gasteiger charge is -2.07. The number of methoxy groups -OCH3 is 1. The summed E-state index contributed by atoms with van der Waals surface area (Å²) >= 11 is 0. The van der Waals surface area contributed by atoms with Gasteiger partial charge in [-0.3, -0.25) is 19.7 Å². The fourth-order valence-corrected chi connectivity index (χ4v) is 2.05. The molecule has 2 amide bonds. The van der Waals surface area contributed by atoms with Gasteiger partial charge >= 0.3 is 11.8 Å². The summed E-state index contributed by atoms with van der Waals surface area (Å²) in [5.41, 5.74) is 1.21. The summed E-state index contributed by atoms with van der Waals surface area (Å²) in [5, 5.41) is 15.5. The molecule has 0 aliphatic rings. The van der Waals surface area contributed by atoms with Gasteiger partial charge in [0.05, 0.1) is 12.0 Å². The molecule has 2 aromatic carbocycles. The van der Waals surface area contributed by atoms with Gasteiger partial charge < -0.3 is 15.4 Å². The minimum atomic E-state index is -0.830. The summed E-state index contributed by atoms with van der Waals surface area (Å²) in [6, 6.07) is 12.6. The van der Waals surface area contributed by atoms with E-state index >= 15 is 0 Å². The molecule has 8 nitrogen and oxygen atoms in total. The number of nitro benzene ring substituents is 1. The van der Waals surface area contributed by atoms with E-state index in [-0.39, 0.29) is 5.69 Å². The summed E-state index contributed by atoms with van der Waals surface area (Å²) in [6.07, 6.45) is 0.570. The van der Waals surface area contributed by atoms with E-state index in [0.29, 0.717) is 18.7 Å². The Balaban J connectivity index is 1.79. The van der Waals surface area contributed by atoms with E-state index in [9.17, 15) is 19.7 Å². The Kier molecular flexibility index (Phi) is 6.05. The lowest BCUT2D eigenvalue weighted by atomic mass is 10.1. The zero-order valence-electron chi connectivity index (χ0n) is 13.5. The Hall–Kier alpha value is -3.42. The van der Waals surface area contributed by atoms with Crippen molar-refractivity contribution in [1.82, 2.24) is 5.32 Å². The van der Waals surface area contributed by atoms with Crippen LogP contribution in [-0.4, -0.2) is 30.4 Å². The number of nitrogens with one attached hydrogen (secondary N) is 2. The van der Waals surface area contributed by atoms with Crippen molar-refractivity contribution in [1.29, 1.82) is 0 Å². The molecule has 2 N–H and O–H groups in total. The van der Waals surface area contributed by atoms with Crippen molar-refractivity contribution in [2.45, 2.75) is 6.42 Å². The summed E-state index contributed by atoms with van der Waals surface area (Å²) in [6.45, 7) is 0.304. The first kappa shape index (κ1) is 17.9. The minimum absolute atomic E-state index is 0.0954. The number of ether oxygens (including phenoxy) is 1. The highest BCUT2D eigenvalue weighted by Gasteiger charge is 2.13. The van der Waals surface area contributed by atoms with Crippen LogP contribution in [-0.2, 0) is 16.0 Å². The maximum atomic E-state index is 11.8. The Bertz CT molecular complexity index is 757. The Morgan fingerprint density at radius 3 is 2.24 bits per heavy atom. The van der Waals surface area contributed by atoms with Gasteiger partial charge in [-0.1, -0.05) is 12.1 Å². The van der Waals surface area contributed by atoms with E-state index in [0.717, 1.165) is 11.3 Å². The number of carbonyl (C=O) groups excluding carboxylic acids is 2. The van der Waals surface area contributed by atoms with Crippen LogP contribution < -0.4 is 15.4 Å². The number of carbonyl (C=O) groups is 2. The van der Waals surface area contributed by atoms with Gasteiger partial charge in [0.25, 0.3) is 5.69 Å². The van der Waals surface area contributed by atoms with Crippen LogP contribution in [0, 0.1) is 10.1 Å². The van der Waals surface area contributed by atoms with Crippen molar-refractivity contribution in [2.24, 2.45) is 0 Å². The average Bonchev–Trinajstić information content (AvgIpc) is 2.62. The molecule has 2 aromatic rings. The fraction of sp³-hybridized carbons (Fsp3) is 0.176. The molecule has 0 bridgehead atoms. The number of rotatable bonds is 6. The van der Waals surface area contributed by atoms with Crippen molar-refractivity contribution in [3.05, 3.63) is 64.2 Å². The molecule has 0 saturated carbocycles. The minimum Gasteiger partial charge on any atom is -0.497 e. The average molecular weight is 343 g/mol. The highest BCUT2D eigenvalue weighted by atomic mass is 16.6. The lowest BCUT2D eigenvalue weighted by Crippen LogP contribution is -2.36. The van der Waals surface area contributed by atoms with Crippen molar-refractivity contribution in [3.63, 3.8) is 0 Å². The van der Waals surface area contributed by atoms with E-state index in [2.05, 4.69) is 10.6 Å². The molecule has 0 aliphatic carbocycles. The van der Waals surface area contributed by atoms with Crippen LogP contribution in [0.1, 0.15) is 5.56 Å². The first-order valence-electron chi connectivity index (χ1n) is 7.46. The topological polar surface area (TPSA) is 111 Å². The molecule has 0 aliphatic heterocycles. The maximum Gasteiger partial charge on any atom is 0.313 e. The van der Waals surface area contributed by atoms with Crippen LogP contribution in [0.2, 0.25) is 0 Å². The first-order chi connectivity index (χ1) is 12.0.